The molecule has 1 amide bonds. The molecule has 2 aromatic carbocycles. The molecule has 2 heterocycles. The Labute approximate surface area is 158 Å². The standard InChI is InChI=1S/C21H22N4O2/c1-14-6-4-5-7-18(14)25-13-16(12-19(25)26)20-22-21(27-23-20)15-8-10-17(11-9-15)24(2)3/h4-11,16H,12-13H2,1-3H3. The summed E-state index contributed by atoms with van der Waals surface area (Å²) < 4.78 is 5.46. The number of para-hydroxylation sites is 1. The second kappa shape index (κ2) is 6.87. The first kappa shape index (κ1) is 17.3. The lowest BCUT2D eigenvalue weighted by atomic mass is 10.1. The van der Waals surface area contributed by atoms with Crippen molar-refractivity contribution in [3.05, 3.63) is 59.9 Å². The van der Waals surface area contributed by atoms with Crippen molar-refractivity contribution >= 4 is 17.3 Å². The smallest absolute Gasteiger partial charge is 0.257 e. The molecule has 0 spiro atoms. The first-order valence-electron chi connectivity index (χ1n) is 9.00. The molecule has 1 saturated heterocycles. The SMILES string of the molecule is Cc1ccccc1N1CC(c2noc(-c3ccc(N(C)C)cc3)n2)CC1=O. The molecule has 6 nitrogen and oxygen atoms in total. The van der Waals surface area contributed by atoms with E-state index in [9.17, 15) is 4.79 Å². The first-order valence-corrected chi connectivity index (χ1v) is 9.00. The molecular weight excluding hydrogens is 340 g/mol. The number of hydrogen-bond donors (Lipinski definition) is 0. The van der Waals surface area contributed by atoms with Gasteiger partial charge in [-0.25, -0.2) is 0 Å². The van der Waals surface area contributed by atoms with Crippen LogP contribution in [0.3, 0.4) is 0 Å². The molecule has 27 heavy (non-hydrogen) atoms. The van der Waals surface area contributed by atoms with E-state index < -0.39 is 0 Å². The molecule has 0 radical (unpaired) electrons. The van der Waals surface area contributed by atoms with Gasteiger partial charge in [-0.15, -0.1) is 0 Å². The molecule has 1 aliphatic heterocycles. The van der Waals surface area contributed by atoms with Crippen LogP contribution in [-0.2, 0) is 4.79 Å². The van der Waals surface area contributed by atoms with E-state index in [2.05, 4.69) is 10.1 Å². The van der Waals surface area contributed by atoms with Gasteiger partial charge in [0.25, 0.3) is 5.89 Å². The van der Waals surface area contributed by atoms with E-state index in [0.29, 0.717) is 24.7 Å². The molecule has 1 aromatic heterocycles. The van der Waals surface area contributed by atoms with Crippen molar-refractivity contribution < 1.29 is 9.32 Å². The fraction of sp³-hybridized carbons (Fsp3) is 0.286. The van der Waals surface area contributed by atoms with Crippen molar-refractivity contribution in [2.45, 2.75) is 19.3 Å². The predicted octanol–water partition coefficient (Wildman–Crippen LogP) is 3.63. The maximum atomic E-state index is 12.5. The van der Waals surface area contributed by atoms with Crippen LogP contribution in [0.4, 0.5) is 11.4 Å². The minimum absolute atomic E-state index is 0.0596. The van der Waals surface area contributed by atoms with Crippen molar-refractivity contribution in [3.63, 3.8) is 0 Å². The molecule has 6 heteroatoms. The van der Waals surface area contributed by atoms with E-state index in [1.165, 1.54) is 0 Å². The molecule has 0 N–H and O–H groups in total. The molecule has 138 valence electrons. The molecule has 1 unspecified atom stereocenters. The molecular formula is C21H22N4O2. The lowest BCUT2D eigenvalue weighted by Crippen LogP contribution is -2.25. The Bertz CT molecular complexity index is 962. The Hall–Kier alpha value is -3.15. The lowest BCUT2D eigenvalue weighted by molar-refractivity contribution is -0.117. The summed E-state index contributed by atoms with van der Waals surface area (Å²) in [5.41, 5.74) is 4.02. The van der Waals surface area contributed by atoms with Crippen molar-refractivity contribution in [2.24, 2.45) is 0 Å². The van der Waals surface area contributed by atoms with Gasteiger partial charge >= 0.3 is 0 Å². The molecule has 1 fully saturated rings. The summed E-state index contributed by atoms with van der Waals surface area (Å²) in [5.74, 6) is 1.11. The topological polar surface area (TPSA) is 62.5 Å². The van der Waals surface area contributed by atoms with Crippen LogP contribution in [0, 0.1) is 6.92 Å². The van der Waals surface area contributed by atoms with E-state index in [1.54, 1.807) is 0 Å². The van der Waals surface area contributed by atoms with E-state index in [0.717, 1.165) is 22.5 Å². The number of amides is 1. The van der Waals surface area contributed by atoms with Crippen LogP contribution >= 0.6 is 0 Å². The van der Waals surface area contributed by atoms with Crippen LogP contribution in [0.15, 0.2) is 53.1 Å². The highest BCUT2D eigenvalue weighted by atomic mass is 16.5. The minimum Gasteiger partial charge on any atom is -0.378 e. The number of carbonyl (C=O) groups is 1. The zero-order valence-electron chi connectivity index (χ0n) is 15.7. The molecule has 1 atom stereocenters. The fourth-order valence-electron chi connectivity index (χ4n) is 3.40. The number of anilines is 2. The number of hydrogen-bond acceptors (Lipinski definition) is 5. The van der Waals surface area contributed by atoms with Crippen LogP contribution in [0.5, 0.6) is 0 Å². The molecule has 0 saturated carbocycles. The Morgan fingerprint density at radius 1 is 1.11 bits per heavy atom. The summed E-state index contributed by atoms with van der Waals surface area (Å²) >= 11 is 0. The van der Waals surface area contributed by atoms with E-state index >= 15 is 0 Å². The molecule has 4 rings (SSSR count). The van der Waals surface area contributed by atoms with Crippen LogP contribution < -0.4 is 9.80 Å². The maximum Gasteiger partial charge on any atom is 0.257 e. The van der Waals surface area contributed by atoms with Crippen molar-refractivity contribution in [1.82, 2.24) is 10.1 Å². The summed E-state index contributed by atoms with van der Waals surface area (Å²) in [4.78, 5) is 20.9. The van der Waals surface area contributed by atoms with E-state index in [-0.39, 0.29) is 11.8 Å². The highest BCUT2D eigenvalue weighted by Crippen LogP contribution is 2.33. The number of benzene rings is 2. The van der Waals surface area contributed by atoms with Crippen LogP contribution in [-0.4, -0.2) is 36.7 Å². The Morgan fingerprint density at radius 3 is 2.56 bits per heavy atom. The number of aromatic nitrogens is 2. The quantitative estimate of drug-likeness (QED) is 0.709. The zero-order valence-corrected chi connectivity index (χ0v) is 15.7. The number of rotatable bonds is 4. The van der Waals surface area contributed by atoms with Gasteiger partial charge in [-0.05, 0) is 42.8 Å². The molecule has 0 aliphatic carbocycles. The van der Waals surface area contributed by atoms with E-state index in [1.807, 2.05) is 79.3 Å². The normalized spacial score (nSPS) is 16.8. The van der Waals surface area contributed by atoms with Gasteiger partial charge in [0, 0.05) is 49.9 Å². The first-order chi connectivity index (χ1) is 13.0. The number of nitrogens with zero attached hydrogens (tertiary/aromatic N) is 4. The number of aryl methyl sites for hydroxylation is 1. The average molecular weight is 362 g/mol. The predicted molar refractivity (Wildman–Crippen MR) is 105 cm³/mol. The third-order valence-electron chi connectivity index (χ3n) is 4.97. The highest BCUT2D eigenvalue weighted by Gasteiger charge is 2.35. The average Bonchev–Trinajstić information content (AvgIpc) is 3.29. The largest absolute Gasteiger partial charge is 0.378 e. The second-order valence-corrected chi connectivity index (χ2v) is 7.09. The van der Waals surface area contributed by atoms with Crippen molar-refractivity contribution in [3.8, 4) is 11.5 Å². The third-order valence-corrected chi connectivity index (χ3v) is 4.97. The second-order valence-electron chi connectivity index (χ2n) is 7.09. The van der Waals surface area contributed by atoms with Gasteiger partial charge in [-0.1, -0.05) is 23.4 Å². The van der Waals surface area contributed by atoms with Gasteiger partial charge in [0.15, 0.2) is 5.82 Å². The summed E-state index contributed by atoms with van der Waals surface area (Å²) in [7, 11) is 3.99. The van der Waals surface area contributed by atoms with Gasteiger partial charge in [-0.2, -0.15) is 4.98 Å². The lowest BCUT2D eigenvalue weighted by Gasteiger charge is -2.18. The maximum absolute atomic E-state index is 12.5. The molecule has 3 aromatic rings. The van der Waals surface area contributed by atoms with Gasteiger partial charge in [-0.3, -0.25) is 4.79 Å². The zero-order chi connectivity index (χ0) is 19.0. The minimum atomic E-state index is -0.0596. The summed E-state index contributed by atoms with van der Waals surface area (Å²) in [6.45, 7) is 2.59. The van der Waals surface area contributed by atoms with E-state index in [4.69, 9.17) is 4.52 Å². The Balaban J connectivity index is 1.54. The van der Waals surface area contributed by atoms with Gasteiger partial charge < -0.3 is 14.3 Å². The third kappa shape index (κ3) is 3.30. The van der Waals surface area contributed by atoms with Crippen molar-refractivity contribution in [1.29, 1.82) is 0 Å². The van der Waals surface area contributed by atoms with Crippen LogP contribution in [0.1, 0.15) is 23.7 Å². The summed E-state index contributed by atoms with van der Waals surface area (Å²) in [6.07, 6.45) is 0.396. The number of carbonyl (C=O) groups excluding carboxylic acids is 1. The Kier molecular flexibility index (Phi) is 4.39. The van der Waals surface area contributed by atoms with Crippen LogP contribution in [0.2, 0.25) is 0 Å². The summed E-state index contributed by atoms with van der Waals surface area (Å²) in [5, 5.41) is 4.14. The summed E-state index contributed by atoms with van der Waals surface area (Å²) in [6, 6.07) is 15.9. The Morgan fingerprint density at radius 2 is 1.85 bits per heavy atom. The van der Waals surface area contributed by atoms with Gasteiger partial charge in [0.2, 0.25) is 5.91 Å². The molecule has 0 bridgehead atoms. The van der Waals surface area contributed by atoms with Crippen LogP contribution in [0.25, 0.3) is 11.5 Å². The highest BCUT2D eigenvalue weighted by molar-refractivity contribution is 5.97. The van der Waals surface area contributed by atoms with Gasteiger partial charge in [0.05, 0.1) is 0 Å². The fourth-order valence-corrected chi connectivity index (χ4v) is 3.40. The monoisotopic (exact) mass is 362 g/mol. The van der Waals surface area contributed by atoms with Crippen molar-refractivity contribution in [2.75, 3.05) is 30.4 Å². The van der Waals surface area contributed by atoms with Gasteiger partial charge in [0.1, 0.15) is 0 Å². The molecule has 1 aliphatic rings.